The first-order valence-electron chi connectivity index (χ1n) is 5.59. The summed E-state index contributed by atoms with van der Waals surface area (Å²) in [6.07, 6.45) is 0.990. The van der Waals surface area contributed by atoms with Crippen molar-refractivity contribution in [2.45, 2.75) is 32.7 Å². The topological polar surface area (TPSA) is 49.6 Å². The molecule has 0 aromatic carbocycles. The Bertz CT molecular complexity index is 234. The molecular formula is C11H23N3O. The summed E-state index contributed by atoms with van der Waals surface area (Å²) >= 11 is 0. The van der Waals surface area contributed by atoms with E-state index in [2.05, 4.69) is 20.8 Å². The highest BCUT2D eigenvalue weighted by Crippen LogP contribution is 2.23. The second-order valence-electron chi connectivity index (χ2n) is 5.39. The van der Waals surface area contributed by atoms with Gasteiger partial charge in [0.15, 0.2) is 0 Å². The van der Waals surface area contributed by atoms with E-state index in [1.807, 2.05) is 11.9 Å². The van der Waals surface area contributed by atoms with Crippen LogP contribution in [0, 0.1) is 5.92 Å². The Hall–Kier alpha value is -0.770. The van der Waals surface area contributed by atoms with Crippen molar-refractivity contribution in [3.63, 3.8) is 0 Å². The molecule has 2 N–H and O–H groups in total. The van der Waals surface area contributed by atoms with Crippen LogP contribution in [0.5, 0.6) is 0 Å². The molecule has 0 bridgehead atoms. The Morgan fingerprint density at radius 2 is 2.00 bits per heavy atom. The third-order valence-electron chi connectivity index (χ3n) is 2.91. The normalized spacial score (nSPS) is 23.5. The van der Waals surface area contributed by atoms with Gasteiger partial charge in [0.1, 0.15) is 0 Å². The van der Waals surface area contributed by atoms with E-state index in [9.17, 15) is 4.79 Å². The van der Waals surface area contributed by atoms with Gasteiger partial charge in [-0.3, -0.25) is 0 Å². The number of amides is 2. The average molecular weight is 213 g/mol. The largest absolute Gasteiger partial charge is 0.330 e. The van der Waals surface area contributed by atoms with Gasteiger partial charge in [-0.1, -0.05) is 0 Å². The predicted molar refractivity (Wildman–Crippen MR) is 61.6 cm³/mol. The number of hydrogen-bond donors (Lipinski definition) is 1. The number of rotatable bonds is 2. The van der Waals surface area contributed by atoms with E-state index in [1.54, 1.807) is 4.90 Å². The standard InChI is InChI=1S/C11H23N3O/c1-11(2,3)14-8-9(5-6-12)7-13(4)10(14)15/h9H,5-8,12H2,1-4H3. The van der Waals surface area contributed by atoms with Gasteiger partial charge in [-0.25, -0.2) is 4.79 Å². The van der Waals surface area contributed by atoms with Gasteiger partial charge in [-0.05, 0) is 39.7 Å². The Kier molecular flexibility index (Phi) is 3.60. The second-order valence-corrected chi connectivity index (χ2v) is 5.39. The van der Waals surface area contributed by atoms with Crippen molar-refractivity contribution in [3.8, 4) is 0 Å². The van der Waals surface area contributed by atoms with Gasteiger partial charge < -0.3 is 15.5 Å². The highest BCUT2D eigenvalue weighted by Gasteiger charge is 2.35. The van der Waals surface area contributed by atoms with Crippen LogP contribution in [-0.2, 0) is 0 Å². The van der Waals surface area contributed by atoms with Crippen LogP contribution in [-0.4, -0.2) is 48.1 Å². The first-order chi connectivity index (χ1) is 6.86. The number of nitrogens with two attached hydrogens (primary N) is 1. The van der Waals surface area contributed by atoms with Crippen molar-refractivity contribution in [1.29, 1.82) is 0 Å². The van der Waals surface area contributed by atoms with Gasteiger partial charge in [-0.2, -0.15) is 0 Å². The van der Waals surface area contributed by atoms with Gasteiger partial charge >= 0.3 is 6.03 Å². The fourth-order valence-electron chi connectivity index (χ4n) is 2.04. The van der Waals surface area contributed by atoms with Crippen molar-refractivity contribution in [1.82, 2.24) is 9.80 Å². The van der Waals surface area contributed by atoms with E-state index in [0.29, 0.717) is 12.5 Å². The Labute approximate surface area is 92.4 Å². The number of urea groups is 1. The van der Waals surface area contributed by atoms with E-state index < -0.39 is 0 Å². The van der Waals surface area contributed by atoms with Crippen LogP contribution in [0.3, 0.4) is 0 Å². The summed E-state index contributed by atoms with van der Waals surface area (Å²) in [5, 5.41) is 0. The van der Waals surface area contributed by atoms with E-state index >= 15 is 0 Å². The van der Waals surface area contributed by atoms with E-state index in [-0.39, 0.29) is 11.6 Å². The summed E-state index contributed by atoms with van der Waals surface area (Å²) in [6.45, 7) is 8.59. The molecule has 4 nitrogen and oxygen atoms in total. The van der Waals surface area contributed by atoms with Crippen LogP contribution in [0.2, 0.25) is 0 Å². The van der Waals surface area contributed by atoms with Crippen molar-refractivity contribution in [3.05, 3.63) is 0 Å². The molecule has 1 heterocycles. The van der Waals surface area contributed by atoms with E-state index in [1.165, 1.54) is 0 Å². The smallest absolute Gasteiger partial charge is 0.320 e. The van der Waals surface area contributed by atoms with Crippen LogP contribution in [0.1, 0.15) is 27.2 Å². The molecule has 0 saturated carbocycles. The molecule has 1 unspecified atom stereocenters. The summed E-state index contributed by atoms with van der Waals surface area (Å²) in [5.41, 5.74) is 5.47. The molecular weight excluding hydrogens is 190 g/mol. The number of hydrogen-bond acceptors (Lipinski definition) is 2. The molecule has 0 aromatic heterocycles. The molecule has 1 atom stereocenters. The third kappa shape index (κ3) is 2.84. The first-order valence-corrected chi connectivity index (χ1v) is 5.59. The minimum absolute atomic E-state index is 0.0986. The molecule has 0 radical (unpaired) electrons. The molecule has 0 spiro atoms. The molecule has 15 heavy (non-hydrogen) atoms. The number of carbonyl (C=O) groups excluding carboxylic acids is 1. The molecule has 2 amide bonds. The fraction of sp³-hybridized carbons (Fsp3) is 0.909. The maximum Gasteiger partial charge on any atom is 0.320 e. The lowest BCUT2D eigenvalue weighted by atomic mass is 9.97. The summed E-state index contributed by atoms with van der Waals surface area (Å²) in [7, 11) is 1.86. The van der Waals surface area contributed by atoms with Gasteiger partial charge in [-0.15, -0.1) is 0 Å². The van der Waals surface area contributed by atoms with Crippen molar-refractivity contribution >= 4 is 6.03 Å². The van der Waals surface area contributed by atoms with Crippen molar-refractivity contribution < 1.29 is 4.79 Å². The van der Waals surface area contributed by atoms with Crippen LogP contribution < -0.4 is 5.73 Å². The second kappa shape index (κ2) is 4.39. The van der Waals surface area contributed by atoms with Gasteiger partial charge in [0.25, 0.3) is 0 Å². The molecule has 4 heteroatoms. The van der Waals surface area contributed by atoms with Gasteiger partial charge in [0.2, 0.25) is 0 Å². The Morgan fingerprint density at radius 3 is 2.47 bits per heavy atom. The maximum absolute atomic E-state index is 11.9. The first kappa shape index (κ1) is 12.3. The van der Waals surface area contributed by atoms with Gasteiger partial charge in [0, 0.05) is 25.7 Å². The lowest BCUT2D eigenvalue weighted by Gasteiger charge is -2.45. The summed E-state index contributed by atoms with van der Waals surface area (Å²) in [5.74, 6) is 0.511. The molecule has 1 rings (SSSR count). The highest BCUT2D eigenvalue weighted by molar-refractivity contribution is 5.75. The Balaban J connectivity index is 2.73. The zero-order valence-electron chi connectivity index (χ0n) is 10.3. The average Bonchev–Trinajstić information content (AvgIpc) is 2.09. The molecule has 1 aliphatic heterocycles. The molecule has 1 saturated heterocycles. The quantitative estimate of drug-likeness (QED) is 0.747. The molecule has 1 fully saturated rings. The van der Waals surface area contributed by atoms with Crippen molar-refractivity contribution in [2.75, 3.05) is 26.7 Å². The zero-order chi connectivity index (χ0) is 11.6. The number of nitrogens with zero attached hydrogens (tertiary/aromatic N) is 2. The van der Waals surface area contributed by atoms with Crippen LogP contribution in [0.15, 0.2) is 0 Å². The van der Waals surface area contributed by atoms with E-state index in [0.717, 1.165) is 19.5 Å². The lowest BCUT2D eigenvalue weighted by Crippen LogP contribution is -2.58. The summed E-state index contributed by atoms with van der Waals surface area (Å²) in [6, 6.07) is 0.135. The fourth-order valence-corrected chi connectivity index (χ4v) is 2.04. The van der Waals surface area contributed by atoms with Gasteiger partial charge in [0.05, 0.1) is 0 Å². The predicted octanol–water partition coefficient (Wildman–Crippen LogP) is 1.12. The SMILES string of the molecule is CN1CC(CCN)CN(C(C)(C)C)C1=O. The maximum atomic E-state index is 11.9. The number of carbonyl (C=O) groups is 1. The van der Waals surface area contributed by atoms with Crippen LogP contribution in [0.4, 0.5) is 4.79 Å². The van der Waals surface area contributed by atoms with Crippen LogP contribution >= 0.6 is 0 Å². The molecule has 0 aromatic rings. The lowest BCUT2D eigenvalue weighted by molar-refractivity contribution is 0.0670. The van der Waals surface area contributed by atoms with Crippen molar-refractivity contribution in [2.24, 2.45) is 11.7 Å². The highest BCUT2D eigenvalue weighted by atomic mass is 16.2. The molecule has 1 aliphatic rings. The van der Waals surface area contributed by atoms with Crippen LogP contribution in [0.25, 0.3) is 0 Å². The summed E-state index contributed by atoms with van der Waals surface area (Å²) in [4.78, 5) is 15.7. The monoisotopic (exact) mass is 213 g/mol. The summed E-state index contributed by atoms with van der Waals surface area (Å²) < 4.78 is 0. The Morgan fingerprint density at radius 1 is 1.40 bits per heavy atom. The molecule has 0 aliphatic carbocycles. The third-order valence-corrected chi connectivity index (χ3v) is 2.91. The van der Waals surface area contributed by atoms with E-state index in [4.69, 9.17) is 5.73 Å². The minimum atomic E-state index is -0.0986. The molecule has 88 valence electrons. The zero-order valence-corrected chi connectivity index (χ0v) is 10.3. The minimum Gasteiger partial charge on any atom is -0.330 e.